The van der Waals surface area contributed by atoms with E-state index in [0.717, 1.165) is 12.0 Å². The standard InChI is InChI=1S/C13H21N3O/c1-4-10(3)16(5-2)13(17)12-7-6-11(8-14)9-15-12/h6-7,9-10H,4-5,8,14H2,1-3H3. The second-order valence-corrected chi connectivity index (χ2v) is 4.10. The molecule has 1 unspecified atom stereocenters. The number of aromatic nitrogens is 1. The van der Waals surface area contributed by atoms with E-state index in [1.165, 1.54) is 0 Å². The van der Waals surface area contributed by atoms with Gasteiger partial charge >= 0.3 is 0 Å². The molecule has 1 heterocycles. The summed E-state index contributed by atoms with van der Waals surface area (Å²) in [6.45, 7) is 7.26. The Bertz CT molecular complexity index is 361. The predicted octanol–water partition coefficient (Wildman–Crippen LogP) is 1.80. The molecule has 0 fully saturated rings. The summed E-state index contributed by atoms with van der Waals surface area (Å²) in [6.07, 6.45) is 2.61. The highest BCUT2D eigenvalue weighted by Gasteiger charge is 2.19. The van der Waals surface area contributed by atoms with E-state index in [1.54, 1.807) is 12.3 Å². The topological polar surface area (TPSA) is 59.2 Å². The molecule has 0 aliphatic heterocycles. The minimum atomic E-state index is -0.00887. The van der Waals surface area contributed by atoms with Crippen LogP contribution >= 0.6 is 0 Å². The summed E-state index contributed by atoms with van der Waals surface area (Å²) in [4.78, 5) is 18.2. The quantitative estimate of drug-likeness (QED) is 0.846. The van der Waals surface area contributed by atoms with Gasteiger partial charge in [0.25, 0.3) is 5.91 Å². The van der Waals surface area contributed by atoms with Crippen molar-refractivity contribution in [3.8, 4) is 0 Å². The summed E-state index contributed by atoms with van der Waals surface area (Å²) < 4.78 is 0. The van der Waals surface area contributed by atoms with E-state index in [0.29, 0.717) is 18.8 Å². The smallest absolute Gasteiger partial charge is 0.272 e. The third-order valence-corrected chi connectivity index (χ3v) is 3.00. The highest BCUT2D eigenvalue weighted by Crippen LogP contribution is 2.09. The van der Waals surface area contributed by atoms with Crippen LogP contribution in [0.25, 0.3) is 0 Å². The predicted molar refractivity (Wildman–Crippen MR) is 68.6 cm³/mol. The highest BCUT2D eigenvalue weighted by atomic mass is 16.2. The average molecular weight is 235 g/mol. The van der Waals surface area contributed by atoms with E-state index in [9.17, 15) is 4.79 Å². The Morgan fingerprint density at radius 1 is 1.47 bits per heavy atom. The van der Waals surface area contributed by atoms with Crippen molar-refractivity contribution in [1.82, 2.24) is 9.88 Å². The van der Waals surface area contributed by atoms with E-state index in [-0.39, 0.29) is 11.9 Å². The van der Waals surface area contributed by atoms with Crippen molar-refractivity contribution < 1.29 is 4.79 Å². The van der Waals surface area contributed by atoms with Crippen LogP contribution in [0.3, 0.4) is 0 Å². The Morgan fingerprint density at radius 3 is 2.59 bits per heavy atom. The summed E-state index contributed by atoms with van der Waals surface area (Å²) in [5, 5.41) is 0. The van der Waals surface area contributed by atoms with Gasteiger partial charge in [0.1, 0.15) is 5.69 Å². The molecule has 1 rings (SSSR count). The molecular formula is C13H21N3O. The van der Waals surface area contributed by atoms with Crippen LogP contribution in [-0.2, 0) is 6.54 Å². The normalized spacial score (nSPS) is 12.2. The highest BCUT2D eigenvalue weighted by molar-refractivity contribution is 5.92. The van der Waals surface area contributed by atoms with Crippen LogP contribution in [0.2, 0.25) is 0 Å². The molecule has 0 aliphatic carbocycles. The molecule has 1 atom stereocenters. The zero-order valence-corrected chi connectivity index (χ0v) is 10.8. The van der Waals surface area contributed by atoms with Gasteiger partial charge in [-0.25, -0.2) is 0 Å². The van der Waals surface area contributed by atoms with Crippen LogP contribution in [0.4, 0.5) is 0 Å². The molecule has 4 heteroatoms. The largest absolute Gasteiger partial charge is 0.335 e. The number of hydrogen-bond donors (Lipinski definition) is 1. The van der Waals surface area contributed by atoms with E-state index in [1.807, 2.05) is 17.9 Å². The zero-order valence-electron chi connectivity index (χ0n) is 10.8. The monoisotopic (exact) mass is 235 g/mol. The van der Waals surface area contributed by atoms with Crippen LogP contribution in [0.15, 0.2) is 18.3 Å². The summed E-state index contributed by atoms with van der Waals surface area (Å²) in [5.74, 6) is -0.00887. The van der Waals surface area contributed by atoms with E-state index in [4.69, 9.17) is 5.73 Å². The van der Waals surface area contributed by atoms with Crippen molar-refractivity contribution in [2.24, 2.45) is 5.73 Å². The molecule has 1 aromatic heterocycles. The van der Waals surface area contributed by atoms with Gasteiger partial charge in [-0.3, -0.25) is 9.78 Å². The third kappa shape index (κ3) is 3.27. The van der Waals surface area contributed by atoms with Gasteiger partial charge in [0.15, 0.2) is 0 Å². The van der Waals surface area contributed by atoms with Gasteiger partial charge in [-0.05, 0) is 31.9 Å². The number of pyridine rings is 1. The fourth-order valence-electron chi connectivity index (χ4n) is 1.69. The zero-order chi connectivity index (χ0) is 12.8. The number of hydrogen-bond acceptors (Lipinski definition) is 3. The lowest BCUT2D eigenvalue weighted by molar-refractivity contribution is 0.0694. The van der Waals surface area contributed by atoms with Crippen LogP contribution < -0.4 is 5.73 Å². The molecule has 0 aromatic carbocycles. The summed E-state index contributed by atoms with van der Waals surface area (Å²) in [6, 6.07) is 3.84. The van der Waals surface area contributed by atoms with Crippen molar-refractivity contribution in [2.75, 3.05) is 6.54 Å². The molecule has 0 saturated carbocycles. The Kier molecular flexibility index (Phi) is 5.10. The van der Waals surface area contributed by atoms with Gasteiger partial charge in [0, 0.05) is 25.3 Å². The van der Waals surface area contributed by atoms with Crippen molar-refractivity contribution in [1.29, 1.82) is 0 Å². The van der Waals surface area contributed by atoms with Crippen LogP contribution in [0.5, 0.6) is 0 Å². The number of carbonyl (C=O) groups excluding carboxylic acids is 1. The molecule has 2 N–H and O–H groups in total. The second kappa shape index (κ2) is 6.35. The number of amides is 1. The number of nitrogens with zero attached hydrogens (tertiary/aromatic N) is 2. The van der Waals surface area contributed by atoms with Gasteiger partial charge < -0.3 is 10.6 Å². The Morgan fingerprint density at radius 2 is 2.18 bits per heavy atom. The van der Waals surface area contributed by atoms with Crippen molar-refractivity contribution >= 4 is 5.91 Å². The number of carbonyl (C=O) groups is 1. The first-order valence-corrected chi connectivity index (χ1v) is 6.09. The molecule has 4 nitrogen and oxygen atoms in total. The van der Waals surface area contributed by atoms with Crippen LogP contribution in [0, 0.1) is 0 Å². The molecule has 94 valence electrons. The average Bonchev–Trinajstić information content (AvgIpc) is 2.39. The SMILES string of the molecule is CCC(C)N(CC)C(=O)c1ccc(CN)cn1. The van der Waals surface area contributed by atoms with Gasteiger partial charge in [-0.2, -0.15) is 0 Å². The first kappa shape index (κ1) is 13.6. The second-order valence-electron chi connectivity index (χ2n) is 4.10. The van der Waals surface area contributed by atoms with E-state index < -0.39 is 0 Å². The molecular weight excluding hydrogens is 214 g/mol. The molecule has 0 bridgehead atoms. The Labute approximate surface area is 103 Å². The Balaban J connectivity index is 2.86. The van der Waals surface area contributed by atoms with Crippen LogP contribution in [0.1, 0.15) is 43.2 Å². The fourth-order valence-corrected chi connectivity index (χ4v) is 1.69. The maximum Gasteiger partial charge on any atom is 0.272 e. The third-order valence-electron chi connectivity index (χ3n) is 3.00. The van der Waals surface area contributed by atoms with E-state index >= 15 is 0 Å². The molecule has 0 aliphatic rings. The van der Waals surface area contributed by atoms with Gasteiger partial charge in [0.05, 0.1) is 0 Å². The maximum absolute atomic E-state index is 12.2. The van der Waals surface area contributed by atoms with Crippen molar-refractivity contribution in [3.63, 3.8) is 0 Å². The fraction of sp³-hybridized carbons (Fsp3) is 0.538. The lowest BCUT2D eigenvalue weighted by Gasteiger charge is -2.26. The number of nitrogens with two attached hydrogens (primary N) is 1. The molecule has 17 heavy (non-hydrogen) atoms. The summed E-state index contributed by atoms with van der Waals surface area (Å²) >= 11 is 0. The lowest BCUT2D eigenvalue weighted by atomic mass is 10.2. The van der Waals surface area contributed by atoms with E-state index in [2.05, 4.69) is 18.8 Å². The molecule has 0 radical (unpaired) electrons. The van der Waals surface area contributed by atoms with Gasteiger partial charge in [-0.1, -0.05) is 13.0 Å². The first-order valence-electron chi connectivity index (χ1n) is 6.09. The van der Waals surface area contributed by atoms with Gasteiger partial charge in [-0.15, -0.1) is 0 Å². The van der Waals surface area contributed by atoms with Crippen molar-refractivity contribution in [2.45, 2.75) is 39.8 Å². The minimum absolute atomic E-state index is 0.00887. The molecule has 1 aromatic rings. The number of rotatable bonds is 5. The first-order chi connectivity index (χ1) is 8.13. The maximum atomic E-state index is 12.2. The molecule has 1 amide bonds. The summed E-state index contributed by atoms with van der Waals surface area (Å²) in [7, 11) is 0. The lowest BCUT2D eigenvalue weighted by Crippen LogP contribution is -2.38. The molecule has 0 saturated heterocycles. The van der Waals surface area contributed by atoms with Crippen LogP contribution in [-0.4, -0.2) is 28.4 Å². The minimum Gasteiger partial charge on any atom is -0.335 e. The molecule has 0 spiro atoms. The van der Waals surface area contributed by atoms with Gasteiger partial charge in [0.2, 0.25) is 0 Å². The van der Waals surface area contributed by atoms with Crippen molar-refractivity contribution in [3.05, 3.63) is 29.6 Å². The Hall–Kier alpha value is -1.42. The summed E-state index contributed by atoms with van der Waals surface area (Å²) in [5.41, 5.74) is 6.92.